The van der Waals surface area contributed by atoms with Gasteiger partial charge in [0.25, 0.3) is 5.91 Å². The first-order valence-electron chi connectivity index (χ1n) is 10.3. The number of alkyl halides is 3. The molecule has 0 aliphatic heterocycles. The number of aliphatic hydroxyl groups excluding tert-OH is 1. The van der Waals surface area contributed by atoms with Crippen molar-refractivity contribution in [2.75, 3.05) is 13.2 Å². The largest absolute Gasteiger partial charge is 0.461 e. The third-order valence-electron chi connectivity index (χ3n) is 5.37. The Labute approximate surface area is 187 Å². The number of aromatic nitrogens is 2. The Kier molecular flexibility index (Phi) is 5.99. The van der Waals surface area contributed by atoms with Crippen LogP contribution in [0.15, 0.2) is 52.9 Å². The maximum Gasteiger partial charge on any atom is 0.416 e. The van der Waals surface area contributed by atoms with Crippen molar-refractivity contribution in [3.05, 3.63) is 82.4 Å². The molecule has 6 nitrogen and oxygen atoms in total. The number of hydrogen-bond donors (Lipinski definition) is 2. The van der Waals surface area contributed by atoms with Gasteiger partial charge in [0.15, 0.2) is 0 Å². The van der Waals surface area contributed by atoms with E-state index >= 15 is 0 Å². The van der Waals surface area contributed by atoms with Gasteiger partial charge < -0.3 is 14.8 Å². The van der Waals surface area contributed by atoms with Crippen molar-refractivity contribution in [2.24, 2.45) is 0 Å². The molecule has 0 spiro atoms. The van der Waals surface area contributed by atoms with Crippen LogP contribution < -0.4 is 5.32 Å². The fourth-order valence-corrected chi connectivity index (χ4v) is 3.89. The van der Waals surface area contributed by atoms with E-state index in [-0.39, 0.29) is 25.5 Å². The van der Waals surface area contributed by atoms with Gasteiger partial charge in [-0.1, -0.05) is 24.3 Å². The lowest BCUT2D eigenvalue weighted by molar-refractivity contribution is -0.137. The van der Waals surface area contributed by atoms with Gasteiger partial charge >= 0.3 is 6.18 Å². The minimum atomic E-state index is -4.41. The van der Waals surface area contributed by atoms with Gasteiger partial charge in [-0.25, -0.2) is 4.68 Å². The second-order valence-corrected chi connectivity index (χ2v) is 7.71. The quantitative estimate of drug-likeness (QED) is 0.445. The number of benzene rings is 2. The summed E-state index contributed by atoms with van der Waals surface area (Å²) in [6.45, 7) is 3.47. The number of aliphatic hydroxyl groups is 1. The first-order chi connectivity index (χ1) is 15.7. The molecule has 4 rings (SSSR count). The van der Waals surface area contributed by atoms with E-state index in [9.17, 15) is 18.0 Å². The van der Waals surface area contributed by atoms with Crippen LogP contribution in [-0.4, -0.2) is 33.9 Å². The van der Waals surface area contributed by atoms with Crippen LogP contribution in [0.25, 0.3) is 16.7 Å². The molecule has 4 aromatic rings. The van der Waals surface area contributed by atoms with E-state index in [1.165, 1.54) is 6.07 Å². The molecule has 0 aliphatic rings. The molecule has 172 valence electrons. The van der Waals surface area contributed by atoms with Crippen LogP contribution in [0.1, 0.15) is 38.6 Å². The lowest BCUT2D eigenvalue weighted by Crippen LogP contribution is -2.27. The predicted octanol–water partition coefficient (Wildman–Crippen LogP) is 4.57. The normalized spacial score (nSPS) is 11.8. The second kappa shape index (κ2) is 8.74. The minimum absolute atomic E-state index is 0.138. The average molecular weight is 457 g/mol. The highest BCUT2D eigenvalue weighted by atomic mass is 19.4. The number of rotatable bonds is 6. The van der Waals surface area contributed by atoms with Gasteiger partial charge in [-0.2, -0.15) is 18.3 Å². The third-order valence-corrected chi connectivity index (χ3v) is 5.37. The fourth-order valence-electron chi connectivity index (χ4n) is 3.89. The van der Waals surface area contributed by atoms with Crippen LogP contribution in [0.5, 0.6) is 0 Å². The second-order valence-electron chi connectivity index (χ2n) is 7.71. The zero-order valence-electron chi connectivity index (χ0n) is 18.0. The average Bonchev–Trinajstić information content (AvgIpc) is 3.31. The number of nitrogens with zero attached hydrogens (tertiary/aromatic N) is 2. The minimum Gasteiger partial charge on any atom is -0.461 e. The van der Waals surface area contributed by atoms with Crippen molar-refractivity contribution < 1.29 is 27.5 Å². The van der Waals surface area contributed by atoms with Crippen LogP contribution in [-0.2, 0) is 12.6 Å². The van der Waals surface area contributed by atoms with Gasteiger partial charge in [-0.05, 0) is 43.7 Å². The Morgan fingerprint density at radius 3 is 2.64 bits per heavy atom. The summed E-state index contributed by atoms with van der Waals surface area (Å²) in [6, 6.07) is 12.3. The summed E-state index contributed by atoms with van der Waals surface area (Å²) in [6.07, 6.45) is -4.21. The molecule has 0 saturated heterocycles. The van der Waals surface area contributed by atoms with Crippen LogP contribution >= 0.6 is 0 Å². The summed E-state index contributed by atoms with van der Waals surface area (Å²) in [5.74, 6) is 0.189. The molecule has 1 amide bonds. The molecule has 2 heterocycles. The topological polar surface area (TPSA) is 80.3 Å². The molecule has 2 aromatic carbocycles. The lowest BCUT2D eigenvalue weighted by Gasteiger charge is -2.07. The monoisotopic (exact) mass is 457 g/mol. The van der Waals surface area contributed by atoms with Gasteiger partial charge in [0.2, 0.25) is 0 Å². The molecule has 0 radical (unpaired) electrons. The first-order valence-corrected chi connectivity index (χ1v) is 10.3. The Balaban J connectivity index is 1.70. The standard InChI is InChI=1S/C24H22F3N3O3/c1-14-22(23(32)28-9-10-31)15(2)30(29-14)20-7-4-8-21-19(20)13-18(33-21)12-16-5-3-6-17(11-16)24(25,26)27/h3-8,11,13,31H,9-10,12H2,1-2H3,(H,28,32). The summed E-state index contributed by atoms with van der Waals surface area (Å²) in [7, 11) is 0. The molecule has 0 bridgehead atoms. The van der Waals surface area contributed by atoms with Crippen molar-refractivity contribution >= 4 is 16.9 Å². The Bertz CT molecular complexity index is 1320. The Morgan fingerprint density at radius 1 is 1.15 bits per heavy atom. The molecule has 2 N–H and O–H groups in total. The van der Waals surface area contributed by atoms with E-state index in [2.05, 4.69) is 10.4 Å². The van der Waals surface area contributed by atoms with Crippen molar-refractivity contribution in [1.29, 1.82) is 0 Å². The van der Waals surface area contributed by atoms with E-state index in [1.54, 1.807) is 42.8 Å². The van der Waals surface area contributed by atoms with Crippen LogP contribution in [0, 0.1) is 13.8 Å². The molecule has 2 aromatic heterocycles. The molecule has 33 heavy (non-hydrogen) atoms. The van der Waals surface area contributed by atoms with Crippen LogP contribution in [0.4, 0.5) is 13.2 Å². The van der Waals surface area contributed by atoms with E-state index < -0.39 is 11.7 Å². The van der Waals surface area contributed by atoms with E-state index in [0.29, 0.717) is 39.5 Å². The summed E-state index contributed by atoms with van der Waals surface area (Å²) >= 11 is 0. The number of furan rings is 1. The van der Waals surface area contributed by atoms with Crippen LogP contribution in [0.2, 0.25) is 0 Å². The number of carbonyl (C=O) groups is 1. The summed E-state index contributed by atoms with van der Waals surface area (Å²) < 4.78 is 46.7. The third kappa shape index (κ3) is 4.49. The molecule has 0 aliphatic carbocycles. The predicted molar refractivity (Wildman–Crippen MR) is 116 cm³/mol. The fraction of sp³-hybridized carbons (Fsp3) is 0.250. The zero-order valence-corrected chi connectivity index (χ0v) is 18.0. The van der Waals surface area contributed by atoms with Crippen molar-refractivity contribution in [3.63, 3.8) is 0 Å². The van der Waals surface area contributed by atoms with Gasteiger partial charge in [0, 0.05) is 18.4 Å². The Morgan fingerprint density at radius 2 is 1.91 bits per heavy atom. The van der Waals surface area contributed by atoms with Gasteiger partial charge in [-0.3, -0.25) is 4.79 Å². The highest BCUT2D eigenvalue weighted by molar-refractivity contribution is 5.97. The summed E-state index contributed by atoms with van der Waals surface area (Å²) in [5, 5.41) is 16.8. The number of carbonyl (C=O) groups excluding carboxylic acids is 1. The van der Waals surface area contributed by atoms with E-state index in [0.717, 1.165) is 17.5 Å². The maximum atomic E-state index is 13.0. The smallest absolute Gasteiger partial charge is 0.416 e. The molecular weight excluding hydrogens is 435 g/mol. The van der Waals surface area contributed by atoms with Crippen molar-refractivity contribution in [2.45, 2.75) is 26.4 Å². The summed E-state index contributed by atoms with van der Waals surface area (Å²) in [5.41, 5.74) is 2.62. The number of fused-ring (bicyclic) bond motifs is 1. The van der Waals surface area contributed by atoms with E-state index in [1.807, 2.05) is 6.07 Å². The Hall–Kier alpha value is -3.59. The molecular formula is C24H22F3N3O3. The number of nitrogens with one attached hydrogen (secondary N) is 1. The molecule has 0 saturated carbocycles. The van der Waals surface area contributed by atoms with Crippen molar-refractivity contribution in [3.8, 4) is 5.69 Å². The van der Waals surface area contributed by atoms with Gasteiger partial charge in [0.1, 0.15) is 11.3 Å². The molecule has 0 unspecified atom stereocenters. The maximum absolute atomic E-state index is 13.0. The highest BCUT2D eigenvalue weighted by Gasteiger charge is 2.30. The number of halogens is 3. The number of amides is 1. The lowest BCUT2D eigenvalue weighted by atomic mass is 10.1. The number of aryl methyl sites for hydroxylation is 1. The van der Waals surface area contributed by atoms with E-state index in [4.69, 9.17) is 9.52 Å². The molecule has 0 atom stereocenters. The summed E-state index contributed by atoms with van der Waals surface area (Å²) in [4.78, 5) is 12.5. The number of hydrogen-bond acceptors (Lipinski definition) is 4. The first kappa shape index (κ1) is 22.6. The highest BCUT2D eigenvalue weighted by Crippen LogP contribution is 2.32. The van der Waals surface area contributed by atoms with Crippen LogP contribution in [0.3, 0.4) is 0 Å². The van der Waals surface area contributed by atoms with Crippen molar-refractivity contribution in [1.82, 2.24) is 15.1 Å². The molecule has 0 fully saturated rings. The molecule has 9 heteroatoms. The zero-order chi connectivity index (χ0) is 23.8. The van der Waals surface area contributed by atoms with Gasteiger partial charge in [-0.15, -0.1) is 0 Å². The SMILES string of the molecule is Cc1nn(-c2cccc3oc(Cc4cccc(C(F)(F)F)c4)cc23)c(C)c1C(=O)NCCO. The van der Waals surface area contributed by atoms with Gasteiger partial charge in [0.05, 0.1) is 34.8 Å².